The first-order valence-corrected chi connectivity index (χ1v) is 6.45. The number of hydrogen-bond donors (Lipinski definition) is 0. The van der Waals surface area contributed by atoms with E-state index in [4.69, 9.17) is 4.74 Å². The molecule has 2 rings (SSSR count). The molecule has 1 heterocycles. The molecule has 0 radical (unpaired) electrons. The summed E-state index contributed by atoms with van der Waals surface area (Å²) in [7, 11) is 0. The molecule has 0 aromatic heterocycles. The maximum Gasteiger partial charge on any atom is 0.282 e. The Bertz CT molecular complexity index is 516. The standard InChI is InChI=1S/C12H10BrF4NO2/c13-7-1-2-8(9(3-7)20-4-10(14)15)11(19)18-5-12(16,17)6-18/h1-3,10H,4-6H2. The summed E-state index contributed by atoms with van der Waals surface area (Å²) < 4.78 is 55.2. The predicted octanol–water partition coefficient (Wildman–Crippen LogP) is 3.18. The molecule has 1 saturated heterocycles. The van der Waals surface area contributed by atoms with Crippen LogP contribution < -0.4 is 4.74 Å². The highest BCUT2D eigenvalue weighted by molar-refractivity contribution is 9.10. The number of carbonyl (C=O) groups is 1. The highest BCUT2D eigenvalue weighted by Crippen LogP contribution is 2.31. The van der Waals surface area contributed by atoms with Gasteiger partial charge in [-0.05, 0) is 18.2 Å². The van der Waals surface area contributed by atoms with Crippen molar-refractivity contribution in [3.05, 3.63) is 28.2 Å². The van der Waals surface area contributed by atoms with Gasteiger partial charge in [-0.25, -0.2) is 17.6 Å². The molecule has 0 spiro atoms. The normalized spacial score (nSPS) is 17.0. The molecular formula is C12H10BrF4NO2. The Morgan fingerprint density at radius 1 is 1.40 bits per heavy atom. The van der Waals surface area contributed by atoms with Crippen molar-refractivity contribution in [1.29, 1.82) is 0 Å². The van der Waals surface area contributed by atoms with Crippen molar-refractivity contribution in [2.45, 2.75) is 12.3 Å². The molecule has 1 fully saturated rings. The molecular weight excluding hydrogens is 346 g/mol. The molecule has 1 amide bonds. The number of halogens is 5. The van der Waals surface area contributed by atoms with Crippen molar-refractivity contribution < 1.29 is 27.1 Å². The summed E-state index contributed by atoms with van der Waals surface area (Å²) in [6, 6.07) is 4.22. The Morgan fingerprint density at radius 2 is 2.05 bits per heavy atom. The first-order valence-electron chi connectivity index (χ1n) is 5.66. The molecule has 110 valence electrons. The zero-order valence-electron chi connectivity index (χ0n) is 10.1. The lowest BCUT2D eigenvalue weighted by Gasteiger charge is -2.38. The van der Waals surface area contributed by atoms with Gasteiger partial charge in [-0.2, -0.15) is 0 Å². The fraction of sp³-hybridized carbons (Fsp3) is 0.417. The summed E-state index contributed by atoms with van der Waals surface area (Å²) in [5.74, 6) is -3.60. The largest absolute Gasteiger partial charge is 0.487 e. The van der Waals surface area contributed by atoms with Gasteiger partial charge in [0.25, 0.3) is 18.3 Å². The van der Waals surface area contributed by atoms with Gasteiger partial charge < -0.3 is 9.64 Å². The fourth-order valence-corrected chi connectivity index (χ4v) is 2.11. The number of amides is 1. The zero-order chi connectivity index (χ0) is 14.9. The van der Waals surface area contributed by atoms with Crippen molar-refractivity contribution in [2.75, 3.05) is 19.7 Å². The molecule has 1 aromatic rings. The van der Waals surface area contributed by atoms with Crippen LogP contribution in [0.15, 0.2) is 22.7 Å². The van der Waals surface area contributed by atoms with Crippen LogP contribution in [0.2, 0.25) is 0 Å². The van der Waals surface area contributed by atoms with E-state index >= 15 is 0 Å². The number of rotatable bonds is 4. The summed E-state index contributed by atoms with van der Waals surface area (Å²) in [5, 5.41) is 0. The third-order valence-electron chi connectivity index (χ3n) is 2.67. The van der Waals surface area contributed by atoms with Gasteiger partial charge in [-0.1, -0.05) is 15.9 Å². The van der Waals surface area contributed by atoms with Gasteiger partial charge >= 0.3 is 0 Å². The Morgan fingerprint density at radius 3 is 2.60 bits per heavy atom. The molecule has 0 N–H and O–H groups in total. The molecule has 0 atom stereocenters. The van der Waals surface area contributed by atoms with Crippen LogP contribution in [0.3, 0.4) is 0 Å². The summed E-state index contributed by atoms with van der Waals surface area (Å²) in [5.41, 5.74) is -0.00986. The molecule has 1 aliphatic rings. The van der Waals surface area contributed by atoms with Crippen LogP contribution in [0.1, 0.15) is 10.4 Å². The Balaban J connectivity index is 2.16. The number of hydrogen-bond acceptors (Lipinski definition) is 2. The second kappa shape index (κ2) is 5.59. The van der Waals surface area contributed by atoms with E-state index in [-0.39, 0.29) is 11.3 Å². The molecule has 8 heteroatoms. The third kappa shape index (κ3) is 3.41. The van der Waals surface area contributed by atoms with E-state index in [1.165, 1.54) is 18.2 Å². The monoisotopic (exact) mass is 355 g/mol. The summed E-state index contributed by atoms with van der Waals surface area (Å²) >= 11 is 3.13. The highest BCUT2D eigenvalue weighted by Gasteiger charge is 2.46. The Labute approximate surface area is 120 Å². The lowest BCUT2D eigenvalue weighted by Crippen LogP contribution is -2.58. The van der Waals surface area contributed by atoms with Gasteiger partial charge in [0.05, 0.1) is 18.7 Å². The number of ether oxygens (including phenoxy) is 1. The van der Waals surface area contributed by atoms with Gasteiger partial charge in [-0.3, -0.25) is 4.79 Å². The number of alkyl halides is 4. The van der Waals surface area contributed by atoms with Crippen LogP contribution in [0, 0.1) is 0 Å². The number of carbonyl (C=O) groups excluding carboxylic acids is 1. The van der Waals surface area contributed by atoms with Crippen LogP contribution >= 0.6 is 15.9 Å². The van der Waals surface area contributed by atoms with Gasteiger partial charge in [0.2, 0.25) is 0 Å². The SMILES string of the molecule is O=C(c1ccc(Br)cc1OCC(F)F)N1CC(F)(F)C1. The lowest BCUT2D eigenvalue weighted by atomic mass is 10.1. The van der Waals surface area contributed by atoms with Gasteiger partial charge in [-0.15, -0.1) is 0 Å². The van der Waals surface area contributed by atoms with Crippen LogP contribution in [0.5, 0.6) is 5.75 Å². The van der Waals surface area contributed by atoms with Gasteiger partial charge in [0.1, 0.15) is 12.4 Å². The number of nitrogens with zero attached hydrogens (tertiary/aromatic N) is 1. The Hall–Kier alpha value is -1.31. The van der Waals surface area contributed by atoms with Crippen LogP contribution in [0.25, 0.3) is 0 Å². The highest BCUT2D eigenvalue weighted by atomic mass is 79.9. The smallest absolute Gasteiger partial charge is 0.282 e. The molecule has 0 unspecified atom stereocenters. The van der Waals surface area contributed by atoms with E-state index in [0.29, 0.717) is 4.47 Å². The lowest BCUT2D eigenvalue weighted by molar-refractivity contribution is -0.113. The van der Waals surface area contributed by atoms with E-state index in [0.717, 1.165) is 4.90 Å². The molecule has 0 aliphatic carbocycles. The minimum atomic E-state index is -2.88. The molecule has 1 aromatic carbocycles. The van der Waals surface area contributed by atoms with Crippen molar-refractivity contribution in [1.82, 2.24) is 4.90 Å². The predicted molar refractivity (Wildman–Crippen MR) is 66.5 cm³/mol. The molecule has 20 heavy (non-hydrogen) atoms. The molecule has 0 bridgehead atoms. The Kier molecular flexibility index (Phi) is 4.22. The van der Waals surface area contributed by atoms with E-state index in [2.05, 4.69) is 15.9 Å². The average molecular weight is 356 g/mol. The van der Waals surface area contributed by atoms with Crippen LogP contribution in [-0.2, 0) is 0 Å². The minimum absolute atomic E-state index is 0.00986. The zero-order valence-corrected chi connectivity index (χ0v) is 11.7. The van der Waals surface area contributed by atoms with Gasteiger partial charge in [0.15, 0.2) is 0 Å². The first-order chi connectivity index (χ1) is 9.28. The second-order valence-corrected chi connectivity index (χ2v) is 5.28. The van der Waals surface area contributed by atoms with Crippen molar-refractivity contribution in [3.63, 3.8) is 0 Å². The maximum absolute atomic E-state index is 12.8. The number of benzene rings is 1. The summed E-state index contributed by atoms with van der Waals surface area (Å²) in [6.07, 6.45) is -2.69. The van der Waals surface area contributed by atoms with Crippen molar-refractivity contribution in [3.8, 4) is 5.75 Å². The minimum Gasteiger partial charge on any atom is -0.487 e. The second-order valence-electron chi connectivity index (χ2n) is 4.36. The number of likely N-dealkylation sites (tertiary alicyclic amines) is 1. The molecule has 0 saturated carbocycles. The van der Waals surface area contributed by atoms with E-state index in [1.807, 2.05) is 0 Å². The van der Waals surface area contributed by atoms with E-state index < -0.39 is 38.0 Å². The van der Waals surface area contributed by atoms with E-state index in [1.54, 1.807) is 0 Å². The average Bonchev–Trinajstić information content (AvgIpc) is 2.32. The summed E-state index contributed by atoms with van der Waals surface area (Å²) in [4.78, 5) is 12.9. The van der Waals surface area contributed by atoms with Crippen LogP contribution in [0.4, 0.5) is 17.6 Å². The third-order valence-corrected chi connectivity index (χ3v) is 3.16. The summed E-state index contributed by atoms with van der Waals surface area (Å²) in [6.45, 7) is -2.21. The van der Waals surface area contributed by atoms with Crippen molar-refractivity contribution >= 4 is 21.8 Å². The molecule has 1 aliphatic heterocycles. The van der Waals surface area contributed by atoms with Crippen molar-refractivity contribution in [2.24, 2.45) is 0 Å². The maximum atomic E-state index is 12.8. The first kappa shape index (κ1) is 15.1. The fourth-order valence-electron chi connectivity index (χ4n) is 1.77. The van der Waals surface area contributed by atoms with Crippen LogP contribution in [-0.4, -0.2) is 42.9 Å². The topological polar surface area (TPSA) is 29.5 Å². The van der Waals surface area contributed by atoms with Gasteiger partial charge in [0, 0.05) is 4.47 Å². The molecule has 3 nitrogen and oxygen atoms in total. The quantitative estimate of drug-likeness (QED) is 0.776. The van der Waals surface area contributed by atoms with E-state index in [9.17, 15) is 22.4 Å².